The predicted octanol–water partition coefficient (Wildman–Crippen LogP) is 7.65. The van der Waals surface area contributed by atoms with E-state index in [9.17, 15) is 19.5 Å². The van der Waals surface area contributed by atoms with Gasteiger partial charge in [-0.15, -0.1) is 33.1 Å². The second kappa shape index (κ2) is 23.3. The fourth-order valence-electron chi connectivity index (χ4n) is 9.91. The van der Waals surface area contributed by atoms with Crippen LogP contribution < -0.4 is 41.5 Å². The fraction of sp³-hybridized carbons (Fsp3) is 0.509. The standard InChI is InChI=1S/C55H71N4O6.Mg/c1-12-38-35(8)42-27-43-36(9)40(23-24-48(61)65-26-25-34(7)22-16-21-33(6)20-15-19-32(5)18-14-17-31(3)4)52(58-43)50-51(55(63)64-11)54(62)49-37(10)44(59-53(49)50)28-46-39(13-2)41(30-60)47(57-46)29-45(38)56-42;/h12,25,27-33,36,51,58H,1,13-24,26H2,2-11H3,(H,60,62);/q-3;+2/b34-25-,43-27-,47-29-;/t32-,33-,36+,51-;/m1./s1. The Morgan fingerprint density at radius 1 is 0.894 bits per heavy atom. The van der Waals surface area contributed by atoms with Crippen LogP contribution in [0.1, 0.15) is 169 Å². The van der Waals surface area contributed by atoms with Crippen molar-refractivity contribution < 1.29 is 29.0 Å². The van der Waals surface area contributed by atoms with Crippen LogP contribution in [-0.2, 0) is 25.5 Å². The summed E-state index contributed by atoms with van der Waals surface area (Å²) in [5.41, 5.74) is 9.38. The van der Waals surface area contributed by atoms with E-state index in [2.05, 4.69) is 46.5 Å². The first-order valence-electron chi connectivity index (χ1n) is 24.0. The summed E-state index contributed by atoms with van der Waals surface area (Å²) in [5.74, 6) is -0.592. The van der Waals surface area contributed by atoms with Crippen molar-refractivity contribution in [3.63, 3.8) is 0 Å². The van der Waals surface area contributed by atoms with Gasteiger partial charge in [-0.3, -0.25) is 14.4 Å². The fourth-order valence-corrected chi connectivity index (χ4v) is 9.91. The van der Waals surface area contributed by atoms with E-state index >= 15 is 0 Å². The first-order valence-corrected chi connectivity index (χ1v) is 24.0. The maximum absolute atomic E-state index is 14.4. The van der Waals surface area contributed by atoms with Gasteiger partial charge in [-0.25, -0.2) is 0 Å². The van der Waals surface area contributed by atoms with E-state index in [0.717, 1.165) is 58.9 Å². The van der Waals surface area contributed by atoms with Gasteiger partial charge < -0.3 is 34.8 Å². The number of aliphatic hydroxyl groups excluding tert-OH is 1. The summed E-state index contributed by atoms with van der Waals surface area (Å²) in [6, 6.07) is 0. The van der Waals surface area contributed by atoms with Gasteiger partial charge in [0.05, 0.1) is 13.4 Å². The number of aromatic nitrogens is 3. The Labute approximate surface area is 408 Å². The van der Waals surface area contributed by atoms with Crippen molar-refractivity contribution in [3.05, 3.63) is 101 Å². The SMILES string of the molecule is C=Cc1c2[n-]c(c1C)/C=C1\NC(=C(CCC(=O)OC/C=C(/C)CCC[C@H](C)CCC[C@H](C)CCCC(C)C)[C@@H]1C)C1=c3[n-]/c(c(C)c3C(=O)[C@@H]1C(=O)OC)=C\c1[n-]c(/c(=C\O)c1CC)=C\2.[Mg+2]. The number of methoxy groups -OCH3 is 1. The molecule has 6 rings (SSSR count). The third kappa shape index (κ3) is 11.5. The van der Waals surface area contributed by atoms with E-state index < -0.39 is 17.7 Å². The summed E-state index contributed by atoms with van der Waals surface area (Å²) >= 11 is 0. The van der Waals surface area contributed by atoms with Crippen LogP contribution in [0.15, 0.2) is 35.2 Å². The molecular weight excluding hydrogens is 837 g/mol. The minimum Gasteiger partial charge on any atom is -0.657 e. The van der Waals surface area contributed by atoms with E-state index in [4.69, 9.17) is 24.4 Å². The van der Waals surface area contributed by atoms with Crippen molar-refractivity contribution in [2.24, 2.45) is 29.6 Å². The maximum atomic E-state index is 14.4. The second-order valence-electron chi connectivity index (χ2n) is 19.2. The average Bonchev–Trinajstić information content (AvgIpc) is 4.02. The van der Waals surface area contributed by atoms with Gasteiger partial charge in [-0.1, -0.05) is 140 Å². The van der Waals surface area contributed by atoms with Crippen molar-refractivity contribution >= 4 is 76.9 Å². The number of hydrogen-bond donors (Lipinski definition) is 2. The monoisotopic (exact) mass is 908 g/mol. The molecule has 8 bridgehead atoms. The molecule has 2 aliphatic heterocycles. The molecule has 0 amide bonds. The van der Waals surface area contributed by atoms with Gasteiger partial charge in [0.2, 0.25) is 0 Å². The van der Waals surface area contributed by atoms with Crippen LogP contribution in [0.4, 0.5) is 0 Å². The molecule has 0 saturated heterocycles. The van der Waals surface area contributed by atoms with Crippen LogP contribution in [0.25, 0.3) is 36.1 Å². The van der Waals surface area contributed by atoms with E-state index in [0.29, 0.717) is 79.5 Å². The predicted molar refractivity (Wildman–Crippen MR) is 266 cm³/mol. The molecule has 0 fully saturated rings. The van der Waals surface area contributed by atoms with Gasteiger partial charge in [-0.05, 0) is 92.2 Å². The van der Waals surface area contributed by atoms with Gasteiger partial charge in [0.15, 0.2) is 5.78 Å². The number of carbonyl (C=O) groups excluding carboxylic acids is 3. The van der Waals surface area contributed by atoms with Crippen LogP contribution in [0.3, 0.4) is 0 Å². The molecule has 0 unspecified atom stereocenters. The minimum absolute atomic E-state index is 0. The Morgan fingerprint density at radius 2 is 1.56 bits per heavy atom. The molecule has 10 nitrogen and oxygen atoms in total. The number of fused-ring (bicyclic) bond motifs is 8. The second-order valence-corrected chi connectivity index (χ2v) is 19.2. The molecule has 350 valence electrons. The van der Waals surface area contributed by atoms with Crippen LogP contribution in [0.5, 0.6) is 0 Å². The number of allylic oxidation sites excluding steroid dienone is 3. The van der Waals surface area contributed by atoms with Crippen molar-refractivity contribution in [1.82, 2.24) is 20.3 Å². The van der Waals surface area contributed by atoms with E-state index in [-0.39, 0.29) is 48.0 Å². The van der Waals surface area contributed by atoms with Gasteiger partial charge in [-0.2, -0.15) is 0 Å². The molecule has 4 atom stereocenters. The molecule has 2 N–H and O–H groups in total. The van der Waals surface area contributed by atoms with Crippen LogP contribution in [0, 0.1) is 43.4 Å². The van der Waals surface area contributed by atoms with E-state index in [1.165, 1.54) is 57.6 Å². The molecule has 3 aromatic heterocycles. The number of aliphatic hydroxyl groups is 1. The average molecular weight is 908 g/mol. The smallest absolute Gasteiger partial charge is 0.657 e. The van der Waals surface area contributed by atoms with Crippen LogP contribution in [-0.4, -0.2) is 59.6 Å². The third-order valence-electron chi connectivity index (χ3n) is 14.0. The summed E-state index contributed by atoms with van der Waals surface area (Å²) in [6.07, 6.45) is 22.7. The summed E-state index contributed by atoms with van der Waals surface area (Å²) < 4.78 is 11.0. The number of hydrogen-bond acceptors (Lipinski definition) is 7. The molecule has 3 aliphatic rings. The number of rotatable bonds is 20. The molecule has 0 radical (unpaired) electrons. The molecule has 0 aromatic carbocycles. The normalized spacial score (nSPS) is 19.7. The molecule has 66 heavy (non-hydrogen) atoms. The zero-order chi connectivity index (χ0) is 47.1. The number of esters is 2. The van der Waals surface area contributed by atoms with Gasteiger partial charge in [0.1, 0.15) is 12.5 Å². The minimum atomic E-state index is -1.25. The summed E-state index contributed by atoms with van der Waals surface area (Å²) in [6.45, 7) is 23.6. The summed E-state index contributed by atoms with van der Waals surface area (Å²) in [7, 11) is 1.28. The quantitative estimate of drug-likeness (QED) is 0.0503. The van der Waals surface area contributed by atoms with Gasteiger partial charge in [0.25, 0.3) is 0 Å². The molecule has 1 aliphatic carbocycles. The molecule has 3 aromatic rings. The van der Waals surface area contributed by atoms with Crippen molar-refractivity contribution in [1.29, 1.82) is 0 Å². The van der Waals surface area contributed by atoms with Crippen molar-refractivity contribution in [3.8, 4) is 0 Å². The van der Waals surface area contributed by atoms with Gasteiger partial charge >= 0.3 is 35.0 Å². The van der Waals surface area contributed by atoms with E-state index in [1.807, 2.05) is 52.0 Å². The van der Waals surface area contributed by atoms with Crippen molar-refractivity contribution in [2.75, 3.05) is 13.7 Å². The van der Waals surface area contributed by atoms with Crippen molar-refractivity contribution in [2.45, 2.75) is 139 Å². The Kier molecular flexibility index (Phi) is 18.5. The Bertz CT molecular complexity index is 2650. The number of ketones is 1. The van der Waals surface area contributed by atoms with Crippen LogP contribution >= 0.6 is 0 Å². The number of nitrogens with one attached hydrogen (secondary N) is 1. The summed E-state index contributed by atoms with van der Waals surface area (Å²) in [5, 5.41) is 16.1. The number of Topliss-reactive ketones (excluding diaryl/α,β-unsaturated/α-hetero) is 1. The number of nitrogens with zero attached hydrogens (tertiary/aromatic N) is 3. The first-order chi connectivity index (χ1) is 31.1. The Balaban J connectivity index is 0.00000817. The molecule has 0 saturated carbocycles. The molecular formula is C55H71MgN4O6-. The largest absolute Gasteiger partial charge is 2.00 e. The number of carbonyl (C=O) groups is 3. The Morgan fingerprint density at radius 3 is 2.20 bits per heavy atom. The molecule has 5 heterocycles. The third-order valence-corrected chi connectivity index (χ3v) is 14.0. The van der Waals surface area contributed by atoms with Gasteiger partial charge in [0, 0.05) is 29.3 Å². The molecule has 11 heteroatoms. The summed E-state index contributed by atoms with van der Waals surface area (Å²) in [4.78, 5) is 56.4. The zero-order valence-electron chi connectivity index (χ0n) is 41.3. The number of ether oxygens (including phenoxy) is 2. The molecule has 0 spiro atoms. The Hall–Kier alpha value is -4.74. The zero-order valence-corrected chi connectivity index (χ0v) is 42.7. The maximum Gasteiger partial charge on any atom is 2.00 e. The van der Waals surface area contributed by atoms with Crippen LogP contribution in [0.2, 0.25) is 0 Å². The topological polar surface area (TPSA) is 144 Å². The van der Waals surface area contributed by atoms with E-state index in [1.54, 1.807) is 6.08 Å². The first kappa shape index (κ1) is 52.2.